The number of aryl methyl sites for hydroxylation is 3. The van der Waals surface area contributed by atoms with E-state index in [4.69, 9.17) is 4.74 Å². The second-order valence-electron chi connectivity index (χ2n) is 8.10. The van der Waals surface area contributed by atoms with Gasteiger partial charge in [0, 0.05) is 11.3 Å². The summed E-state index contributed by atoms with van der Waals surface area (Å²) in [6, 6.07) is 19.5. The monoisotopic (exact) mass is 427 g/mol. The van der Waals surface area contributed by atoms with Gasteiger partial charge < -0.3 is 9.84 Å². The topological polar surface area (TPSA) is 66.8 Å². The number of rotatable bonds is 4. The van der Waals surface area contributed by atoms with Crippen LogP contribution in [-0.4, -0.2) is 23.9 Å². The minimum atomic E-state index is -0.785. The van der Waals surface area contributed by atoms with Crippen LogP contribution in [-0.2, 0) is 9.59 Å². The van der Waals surface area contributed by atoms with Crippen molar-refractivity contribution in [1.82, 2.24) is 0 Å². The molecule has 0 radical (unpaired) electrons. The predicted molar refractivity (Wildman–Crippen MR) is 125 cm³/mol. The molecule has 1 unspecified atom stereocenters. The molecule has 1 heterocycles. The van der Waals surface area contributed by atoms with Gasteiger partial charge in [0.25, 0.3) is 11.7 Å². The standard InChI is InChI=1S/C27H25NO4/c1-16-9-12-20(13-10-16)28-24(19-6-5-7-21(15-19)32-4)23(26(30)27(28)31)25(29)22-14-17(2)8-11-18(22)3/h5-15,24,29H,1-4H3/b25-23+. The quantitative estimate of drug-likeness (QED) is 0.351. The van der Waals surface area contributed by atoms with Crippen LogP contribution in [0.2, 0.25) is 0 Å². The van der Waals surface area contributed by atoms with Gasteiger partial charge >= 0.3 is 0 Å². The fourth-order valence-electron chi connectivity index (χ4n) is 4.07. The number of hydrogen-bond acceptors (Lipinski definition) is 4. The summed E-state index contributed by atoms with van der Waals surface area (Å²) in [4.78, 5) is 27.9. The molecule has 3 aromatic carbocycles. The first kappa shape index (κ1) is 21.4. The third-order valence-corrected chi connectivity index (χ3v) is 5.81. The minimum Gasteiger partial charge on any atom is -0.507 e. The zero-order valence-corrected chi connectivity index (χ0v) is 18.5. The van der Waals surface area contributed by atoms with E-state index in [1.165, 1.54) is 4.90 Å². The Hall–Kier alpha value is -3.86. The number of aliphatic hydroxyl groups excluding tert-OH is 1. The van der Waals surface area contributed by atoms with Crippen molar-refractivity contribution in [1.29, 1.82) is 0 Å². The van der Waals surface area contributed by atoms with Crippen LogP contribution in [0.3, 0.4) is 0 Å². The average Bonchev–Trinajstić information content (AvgIpc) is 3.06. The van der Waals surface area contributed by atoms with Gasteiger partial charge in [-0.2, -0.15) is 0 Å². The fraction of sp³-hybridized carbons (Fsp3) is 0.185. The lowest BCUT2D eigenvalue weighted by Gasteiger charge is -2.26. The Morgan fingerprint density at radius 3 is 2.28 bits per heavy atom. The van der Waals surface area contributed by atoms with E-state index in [-0.39, 0.29) is 11.3 Å². The molecule has 0 saturated carbocycles. The Labute approximate surface area is 187 Å². The summed E-state index contributed by atoms with van der Waals surface area (Å²) in [7, 11) is 1.56. The van der Waals surface area contributed by atoms with Gasteiger partial charge in [0.2, 0.25) is 0 Å². The number of ketones is 1. The van der Waals surface area contributed by atoms with Crippen LogP contribution < -0.4 is 9.64 Å². The lowest BCUT2D eigenvalue weighted by atomic mass is 9.93. The Balaban J connectivity index is 1.98. The van der Waals surface area contributed by atoms with Crippen LogP contribution in [0.1, 0.15) is 33.9 Å². The molecule has 162 valence electrons. The Kier molecular flexibility index (Phi) is 5.57. The van der Waals surface area contributed by atoms with Gasteiger partial charge in [-0.1, -0.05) is 47.5 Å². The number of benzene rings is 3. The van der Waals surface area contributed by atoms with Gasteiger partial charge in [0.05, 0.1) is 18.7 Å². The number of anilines is 1. The summed E-state index contributed by atoms with van der Waals surface area (Å²) in [5, 5.41) is 11.3. The van der Waals surface area contributed by atoms with Crippen molar-refractivity contribution in [2.75, 3.05) is 12.0 Å². The number of carbonyl (C=O) groups excluding carboxylic acids is 2. The molecule has 0 spiro atoms. The number of carbonyl (C=O) groups is 2. The first-order valence-electron chi connectivity index (χ1n) is 10.4. The first-order chi connectivity index (χ1) is 15.3. The van der Waals surface area contributed by atoms with E-state index in [9.17, 15) is 14.7 Å². The third-order valence-electron chi connectivity index (χ3n) is 5.81. The molecule has 0 aliphatic carbocycles. The number of ether oxygens (including phenoxy) is 1. The Morgan fingerprint density at radius 2 is 1.59 bits per heavy atom. The zero-order valence-electron chi connectivity index (χ0n) is 18.5. The molecule has 1 atom stereocenters. The molecular formula is C27H25NO4. The fourth-order valence-corrected chi connectivity index (χ4v) is 4.07. The highest BCUT2D eigenvalue weighted by molar-refractivity contribution is 6.51. The molecule has 1 aliphatic heterocycles. The number of amides is 1. The van der Waals surface area contributed by atoms with Crippen LogP contribution >= 0.6 is 0 Å². The summed E-state index contributed by atoms with van der Waals surface area (Å²) in [6.45, 7) is 5.74. The van der Waals surface area contributed by atoms with E-state index in [1.54, 1.807) is 25.3 Å². The van der Waals surface area contributed by atoms with Crippen LogP contribution in [0.5, 0.6) is 5.75 Å². The Morgan fingerprint density at radius 1 is 0.906 bits per heavy atom. The van der Waals surface area contributed by atoms with Crippen LogP contribution in [0.4, 0.5) is 5.69 Å². The number of methoxy groups -OCH3 is 1. The molecule has 1 fully saturated rings. The van der Waals surface area contributed by atoms with Gasteiger partial charge in [0.15, 0.2) is 0 Å². The molecular weight excluding hydrogens is 402 g/mol. The predicted octanol–water partition coefficient (Wildman–Crippen LogP) is 5.25. The van der Waals surface area contributed by atoms with E-state index >= 15 is 0 Å². The molecule has 0 bridgehead atoms. The second-order valence-corrected chi connectivity index (χ2v) is 8.10. The number of nitrogens with zero attached hydrogens (tertiary/aromatic N) is 1. The lowest BCUT2D eigenvalue weighted by Crippen LogP contribution is -2.29. The molecule has 1 amide bonds. The first-order valence-corrected chi connectivity index (χ1v) is 10.4. The molecule has 1 N–H and O–H groups in total. The van der Waals surface area contributed by atoms with E-state index < -0.39 is 17.7 Å². The molecule has 5 nitrogen and oxygen atoms in total. The average molecular weight is 428 g/mol. The van der Waals surface area contributed by atoms with E-state index in [2.05, 4.69) is 0 Å². The number of hydrogen-bond donors (Lipinski definition) is 1. The number of Topliss-reactive ketones (excluding diaryl/α,β-unsaturated/α-hetero) is 1. The second kappa shape index (κ2) is 8.35. The molecule has 3 aromatic rings. The summed E-state index contributed by atoms with van der Waals surface area (Å²) < 4.78 is 5.37. The van der Waals surface area contributed by atoms with E-state index in [0.717, 1.165) is 16.7 Å². The zero-order chi connectivity index (χ0) is 23.0. The highest BCUT2D eigenvalue weighted by Gasteiger charge is 2.47. The molecule has 0 aromatic heterocycles. The Bertz CT molecular complexity index is 1240. The lowest BCUT2D eigenvalue weighted by molar-refractivity contribution is -0.132. The smallest absolute Gasteiger partial charge is 0.300 e. The minimum absolute atomic E-state index is 0.0672. The molecule has 4 rings (SSSR count). The number of aliphatic hydroxyl groups is 1. The highest BCUT2D eigenvalue weighted by atomic mass is 16.5. The summed E-state index contributed by atoms with van der Waals surface area (Å²) in [5.74, 6) is -0.957. The van der Waals surface area contributed by atoms with Gasteiger partial charge in [-0.05, 0) is 62.2 Å². The molecule has 32 heavy (non-hydrogen) atoms. The molecule has 1 aliphatic rings. The van der Waals surface area contributed by atoms with Gasteiger partial charge in [-0.3, -0.25) is 14.5 Å². The SMILES string of the molecule is COc1cccc(C2/C(=C(\O)c3cc(C)ccc3C)C(=O)C(=O)N2c2ccc(C)cc2)c1. The van der Waals surface area contributed by atoms with Crippen LogP contribution in [0.15, 0.2) is 72.3 Å². The van der Waals surface area contributed by atoms with E-state index in [0.29, 0.717) is 22.6 Å². The molecule has 5 heteroatoms. The van der Waals surface area contributed by atoms with E-state index in [1.807, 2.05) is 69.3 Å². The van der Waals surface area contributed by atoms with Crippen LogP contribution in [0.25, 0.3) is 5.76 Å². The maximum atomic E-state index is 13.3. The normalized spacial score (nSPS) is 17.6. The maximum absolute atomic E-state index is 13.3. The van der Waals surface area contributed by atoms with Crippen molar-refractivity contribution >= 4 is 23.1 Å². The van der Waals surface area contributed by atoms with Gasteiger partial charge in [0.1, 0.15) is 11.5 Å². The van der Waals surface area contributed by atoms with Gasteiger partial charge in [-0.15, -0.1) is 0 Å². The van der Waals surface area contributed by atoms with Gasteiger partial charge in [-0.25, -0.2) is 0 Å². The maximum Gasteiger partial charge on any atom is 0.300 e. The molecule has 1 saturated heterocycles. The summed E-state index contributed by atoms with van der Waals surface area (Å²) >= 11 is 0. The van der Waals surface area contributed by atoms with Crippen molar-refractivity contribution in [2.45, 2.75) is 26.8 Å². The van der Waals surface area contributed by atoms with Crippen molar-refractivity contribution in [3.8, 4) is 5.75 Å². The third kappa shape index (κ3) is 3.66. The highest BCUT2D eigenvalue weighted by Crippen LogP contribution is 2.43. The van der Waals surface area contributed by atoms with Crippen LogP contribution in [0, 0.1) is 20.8 Å². The van der Waals surface area contributed by atoms with Crippen molar-refractivity contribution in [2.24, 2.45) is 0 Å². The largest absolute Gasteiger partial charge is 0.507 e. The summed E-state index contributed by atoms with van der Waals surface area (Å²) in [6.07, 6.45) is 0. The van der Waals surface area contributed by atoms with Crippen molar-refractivity contribution < 1.29 is 19.4 Å². The van der Waals surface area contributed by atoms with Crippen molar-refractivity contribution in [3.63, 3.8) is 0 Å². The van der Waals surface area contributed by atoms with Crippen molar-refractivity contribution in [3.05, 3.63) is 100 Å². The summed E-state index contributed by atoms with van der Waals surface area (Å²) in [5.41, 5.74) is 4.68.